The van der Waals surface area contributed by atoms with Crippen molar-refractivity contribution < 1.29 is 27.5 Å². The van der Waals surface area contributed by atoms with Gasteiger partial charge in [0.15, 0.2) is 0 Å². The summed E-state index contributed by atoms with van der Waals surface area (Å²) in [4.78, 5) is 29.3. The van der Waals surface area contributed by atoms with Gasteiger partial charge in [0, 0.05) is 12.6 Å². The molecule has 0 unspecified atom stereocenters. The Labute approximate surface area is 261 Å². The number of nitrogens with zero attached hydrogens (tertiary/aromatic N) is 2. The summed E-state index contributed by atoms with van der Waals surface area (Å²) >= 11 is 0. The Morgan fingerprint density at radius 3 is 2.25 bits per heavy atom. The molecule has 9 nitrogen and oxygen atoms in total. The number of sulfonamides is 1. The normalized spacial score (nSPS) is 14.4. The fourth-order valence-corrected chi connectivity index (χ4v) is 6.88. The first-order valence-corrected chi connectivity index (χ1v) is 16.4. The summed E-state index contributed by atoms with van der Waals surface area (Å²) in [5, 5.41) is 3.13. The molecule has 1 fully saturated rings. The lowest BCUT2D eigenvalue weighted by Crippen LogP contribution is -2.53. The van der Waals surface area contributed by atoms with Crippen LogP contribution in [0.2, 0.25) is 0 Å². The van der Waals surface area contributed by atoms with E-state index in [4.69, 9.17) is 9.47 Å². The molecule has 0 aliphatic heterocycles. The van der Waals surface area contributed by atoms with E-state index in [-0.39, 0.29) is 29.1 Å². The van der Waals surface area contributed by atoms with E-state index in [1.54, 1.807) is 50.4 Å². The number of carbonyl (C=O) groups is 2. The van der Waals surface area contributed by atoms with Crippen LogP contribution < -0.4 is 19.1 Å². The van der Waals surface area contributed by atoms with Gasteiger partial charge in [-0.15, -0.1) is 0 Å². The van der Waals surface area contributed by atoms with Crippen molar-refractivity contribution >= 4 is 27.5 Å². The molecule has 3 aromatic carbocycles. The quantitative estimate of drug-likeness (QED) is 0.291. The molecule has 1 atom stereocenters. The van der Waals surface area contributed by atoms with E-state index in [2.05, 4.69) is 5.32 Å². The predicted molar refractivity (Wildman–Crippen MR) is 171 cm³/mol. The minimum absolute atomic E-state index is 0.0434. The Balaban J connectivity index is 1.74. The molecule has 1 saturated carbocycles. The number of nitrogens with one attached hydrogen (secondary N) is 1. The van der Waals surface area contributed by atoms with Gasteiger partial charge in [-0.1, -0.05) is 55.2 Å². The van der Waals surface area contributed by atoms with Crippen molar-refractivity contribution in [3.63, 3.8) is 0 Å². The molecule has 2 amide bonds. The monoisotopic (exact) mass is 621 g/mol. The number of hydrogen-bond acceptors (Lipinski definition) is 6. The van der Waals surface area contributed by atoms with Crippen LogP contribution in [0.1, 0.15) is 55.7 Å². The Bertz CT molecular complexity index is 1550. The van der Waals surface area contributed by atoms with Crippen molar-refractivity contribution in [2.45, 2.75) is 76.4 Å². The number of hydrogen-bond donors (Lipinski definition) is 1. The van der Waals surface area contributed by atoms with Crippen LogP contribution in [0.15, 0.2) is 71.6 Å². The smallest absolute Gasteiger partial charge is 0.264 e. The largest absolute Gasteiger partial charge is 0.497 e. The van der Waals surface area contributed by atoms with Gasteiger partial charge in [-0.05, 0) is 81.1 Å². The highest BCUT2D eigenvalue weighted by atomic mass is 32.2. The van der Waals surface area contributed by atoms with Gasteiger partial charge >= 0.3 is 0 Å². The molecule has 10 heteroatoms. The average molecular weight is 622 g/mol. The third-order valence-electron chi connectivity index (χ3n) is 8.10. The summed E-state index contributed by atoms with van der Waals surface area (Å²) < 4.78 is 40.4. The molecule has 44 heavy (non-hydrogen) atoms. The van der Waals surface area contributed by atoms with Crippen molar-refractivity contribution in [1.29, 1.82) is 0 Å². The fourth-order valence-electron chi connectivity index (χ4n) is 5.46. The van der Waals surface area contributed by atoms with Gasteiger partial charge < -0.3 is 19.7 Å². The molecule has 4 rings (SSSR count). The van der Waals surface area contributed by atoms with Crippen molar-refractivity contribution in [2.24, 2.45) is 0 Å². The highest BCUT2D eigenvalue weighted by Crippen LogP contribution is 2.34. The zero-order chi connectivity index (χ0) is 31.9. The van der Waals surface area contributed by atoms with Crippen LogP contribution in [-0.2, 0) is 26.2 Å². The second-order valence-electron chi connectivity index (χ2n) is 11.4. The van der Waals surface area contributed by atoms with Crippen molar-refractivity contribution in [1.82, 2.24) is 10.2 Å². The van der Waals surface area contributed by atoms with Crippen LogP contribution in [0.25, 0.3) is 0 Å². The highest BCUT2D eigenvalue weighted by molar-refractivity contribution is 7.92. The molecule has 236 valence electrons. The van der Waals surface area contributed by atoms with Crippen molar-refractivity contribution in [2.75, 3.05) is 25.1 Å². The third-order valence-corrected chi connectivity index (χ3v) is 9.87. The Morgan fingerprint density at radius 1 is 0.909 bits per heavy atom. The van der Waals surface area contributed by atoms with Crippen molar-refractivity contribution in [3.05, 3.63) is 83.4 Å². The maximum atomic E-state index is 14.3. The fraction of sp³-hybridized carbons (Fsp3) is 0.412. The van der Waals surface area contributed by atoms with E-state index in [0.717, 1.165) is 53.1 Å². The van der Waals surface area contributed by atoms with Crippen LogP contribution in [0.3, 0.4) is 0 Å². The number of anilines is 1. The van der Waals surface area contributed by atoms with Crippen LogP contribution in [0.5, 0.6) is 11.5 Å². The first kappa shape index (κ1) is 32.9. The average Bonchev–Trinajstić information content (AvgIpc) is 3.02. The Morgan fingerprint density at radius 2 is 1.59 bits per heavy atom. The predicted octanol–water partition coefficient (Wildman–Crippen LogP) is 5.38. The van der Waals surface area contributed by atoms with Crippen LogP contribution in [-0.4, -0.2) is 58.0 Å². The van der Waals surface area contributed by atoms with Gasteiger partial charge in [-0.2, -0.15) is 0 Å². The maximum absolute atomic E-state index is 14.3. The molecule has 0 spiro atoms. The van der Waals surface area contributed by atoms with Gasteiger partial charge in [0.2, 0.25) is 11.8 Å². The van der Waals surface area contributed by atoms with E-state index < -0.39 is 28.5 Å². The molecule has 0 heterocycles. The minimum atomic E-state index is -4.22. The summed E-state index contributed by atoms with van der Waals surface area (Å²) in [5.74, 6) is 0.122. The minimum Gasteiger partial charge on any atom is -0.497 e. The summed E-state index contributed by atoms with van der Waals surface area (Å²) in [6.45, 7) is 4.94. The molecule has 0 radical (unpaired) electrons. The summed E-state index contributed by atoms with van der Waals surface area (Å²) in [7, 11) is -1.20. The lowest BCUT2D eigenvalue weighted by Gasteiger charge is -2.33. The number of ether oxygens (including phenoxy) is 2. The van der Waals surface area contributed by atoms with Crippen LogP contribution >= 0.6 is 0 Å². The summed E-state index contributed by atoms with van der Waals surface area (Å²) in [6.07, 6.45) is 5.05. The molecule has 3 aromatic rings. The molecule has 1 aliphatic rings. The number of amides is 2. The van der Waals surface area contributed by atoms with Gasteiger partial charge in [-0.3, -0.25) is 13.9 Å². The van der Waals surface area contributed by atoms with Crippen molar-refractivity contribution in [3.8, 4) is 11.5 Å². The van der Waals surface area contributed by atoms with Crippen LogP contribution in [0, 0.1) is 13.8 Å². The van der Waals surface area contributed by atoms with Gasteiger partial charge in [-0.25, -0.2) is 8.42 Å². The number of methoxy groups -OCH3 is 2. The van der Waals surface area contributed by atoms with E-state index in [1.807, 2.05) is 32.0 Å². The van der Waals surface area contributed by atoms with Gasteiger partial charge in [0.25, 0.3) is 10.0 Å². The van der Waals surface area contributed by atoms with Crippen LogP contribution in [0.4, 0.5) is 5.69 Å². The number of carbonyl (C=O) groups excluding carboxylic acids is 2. The summed E-state index contributed by atoms with van der Waals surface area (Å²) in [5.41, 5.74) is 2.69. The first-order chi connectivity index (χ1) is 21.0. The second kappa shape index (κ2) is 14.6. The molecular weight excluding hydrogens is 578 g/mol. The lowest BCUT2D eigenvalue weighted by molar-refractivity contribution is -0.139. The maximum Gasteiger partial charge on any atom is 0.264 e. The van der Waals surface area contributed by atoms with E-state index in [9.17, 15) is 18.0 Å². The van der Waals surface area contributed by atoms with E-state index in [1.165, 1.54) is 24.1 Å². The molecular formula is C34H43N3O6S. The van der Waals surface area contributed by atoms with E-state index in [0.29, 0.717) is 11.5 Å². The zero-order valence-corrected chi connectivity index (χ0v) is 27.0. The standard InChI is InChI=1S/C34H43N3O6S/c1-24-14-17-30(18-15-24)44(40,41)37(31-20-25(2)16-19-32(31)43-5)23-33(38)36(22-27-10-9-13-29(21-27)42-4)26(3)34(39)35-28-11-7-6-8-12-28/h9-10,13-21,26,28H,6-8,11-12,22-23H2,1-5H3,(H,35,39)/t26-/m1/s1. The summed E-state index contributed by atoms with van der Waals surface area (Å²) in [6, 6.07) is 18.1. The van der Waals surface area contributed by atoms with Gasteiger partial charge in [0.1, 0.15) is 24.1 Å². The highest BCUT2D eigenvalue weighted by Gasteiger charge is 2.34. The topological polar surface area (TPSA) is 105 Å². The SMILES string of the molecule is COc1cccc(CN(C(=O)CN(c2cc(C)ccc2OC)S(=O)(=O)c2ccc(C)cc2)[C@H](C)C(=O)NC2CCCCC2)c1. The zero-order valence-electron chi connectivity index (χ0n) is 26.2. The third kappa shape index (κ3) is 7.91. The molecule has 1 aliphatic carbocycles. The molecule has 1 N–H and O–H groups in total. The Hall–Kier alpha value is -4.05. The lowest BCUT2D eigenvalue weighted by atomic mass is 9.95. The second-order valence-corrected chi connectivity index (χ2v) is 13.3. The number of benzene rings is 3. The van der Waals surface area contributed by atoms with E-state index >= 15 is 0 Å². The first-order valence-electron chi connectivity index (χ1n) is 15.0. The van der Waals surface area contributed by atoms with Gasteiger partial charge in [0.05, 0.1) is 24.8 Å². The molecule has 0 saturated heterocycles. The molecule has 0 bridgehead atoms. The molecule has 0 aromatic heterocycles. The number of rotatable bonds is 12. The number of aryl methyl sites for hydroxylation is 2. The Kier molecular flexibility index (Phi) is 10.9.